The van der Waals surface area contributed by atoms with Crippen molar-refractivity contribution in [3.8, 4) is 0 Å². The van der Waals surface area contributed by atoms with Gasteiger partial charge in [0.15, 0.2) is 0 Å². The maximum atomic E-state index is 13.7. The standard InChI is InChI=1S/C17H24FNO/c1-13(15-6-2-3-7-16(15)18)19-12-14-8-11-17(20-14)9-4-5-10-17/h2-3,6-7,13-14,19H,4-5,8-12H2,1H3/t13-,14?/m1/s1. The van der Waals surface area contributed by atoms with Crippen LogP contribution in [0.5, 0.6) is 0 Å². The Kier molecular flexibility index (Phi) is 4.08. The van der Waals surface area contributed by atoms with Crippen molar-refractivity contribution in [2.45, 2.75) is 63.2 Å². The SMILES string of the molecule is C[C@@H](NCC1CCC2(CCCC2)O1)c1ccccc1F. The van der Waals surface area contributed by atoms with Crippen molar-refractivity contribution in [1.29, 1.82) is 0 Å². The van der Waals surface area contributed by atoms with E-state index in [-0.39, 0.29) is 17.5 Å². The van der Waals surface area contributed by atoms with Gasteiger partial charge in [0.05, 0.1) is 11.7 Å². The lowest BCUT2D eigenvalue weighted by Crippen LogP contribution is -2.32. The summed E-state index contributed by atoms with van der Waals surface area (Å²) in [6.45, 7) is 2.83. The first-order valence-electron chi connectivity index (χ1n) is 7.84. The van der Waals surface area contributed by atoms with Crippen molar-refractivity contribution in [3.63, 3.8) is 0 Å². The summed E-state index contributed by atoms with van der Waals surface area (Å²) < 4.78 is 20.0. The van der Waals surface area contributed by atoms with Gasteiger partial charge in [-0.15, -0.1) is 0 Å². The molecule has 3 heteroatoms. The molecule has 1 N–H and O–H groups in total. The third-order valence-electron chi connectivity index (χ3n) is 4.88. The van der Waals surface area contributed by atoms with Gasteiger partial charge in [-0.2, -0.15) is 0 Å². The predicted octanol–water partition coefficient (Wildman–Crippen LogP) is 3.97. The molecule has 1 unspecified atom stereocenters. The van der Waals surface area contributed by atoms with Crippen LogP contribution in [0.3, 0.4) is 0 Å². The summed E-state index contributed by atoms with van der Waals surface area (Å²) in [5.74, 6) is -0.132. The van der Waals surface area contributed by atoms with Crippen LogP contribution >= 0.6 is 0 Å². The second-order valence-corrected chi connectivity index (χ2v) is 6.32. The van der Waals surface area contributed by atoms with Crippen LogP contribution < -0.4 is 5.32 Å². The lowest BCUT2D eigenvalue weighted by molar-refractivity contribution is -0.0358. The molecule has 1 aliphatic heterocycles. The van der Waals surface area contributed by atoms with E-state index in [1.54, 1.807) is 6.07 Å². The van der Waals surface area contributed by atoms with Crippen molar-refractivity contribution in [2.24, 2.45) is 0 Å². The summed E-state index contributed by atoms with van der Waals surface area (Å²) in [5.41, 5.74) is 0.925. The molecule has 2 fully saturated rings. The second kappa shape index (κ2) is 5.82. The molecule has 0 radical (unpaired) electrons. The first kappa shape index (κ1) is 14.0. The van der Waals surface area contributed by atoms with Crippen LogP contribution in [0.2, 0.25) is 0 Å². The predicted molar refractivity (Wildman–Crippen MR) is 78.1 cm³/mol. The van der Waals surface area contributed by atoms with Crippen LogP contribution in [0.15, 0.2) is 24.3 Å². The molecule has 20 heavy (non-hydrogen) atoms. The molecule has 1 aromatic rings. The van der Waals surface area contributed by atoms with Crippen LogP contribution in [0.4, 0.5) is 4.39 Å². The van der Waals surface area contributed by atoms with E-state index in [0.29, 0.717) is 6.10 Å². The number of hydrogen-bond donors (Lipinski definition) is 1. The zero-order chi connectivity index (χ0) is 14.0. The summed E-state index contributed by atoms with van der Waals surface area (Å²) in [6, 6.07) is 7.01. The van der Waals surface area contributed by atoms with Crippen molar-refractivity contribution in [2.75, 3.05) is 6.54 Å². The number of rotatable bonds is 4. The third-order valence-corrected chi connectivity index (χ3v) is 4.88. The van der Waals surface area contributed by atoms with Crippen LogP contribution in [0.25, 0.3) is 0 Å². The topological polar surface area (TPSA) is 21.3 Å². The molecule has 0 bridgehead atoms. The number of nitrogens with one attached hydrogen (secondary N) is 1. The van der Waals surface area contributed by atoms with E-state index >= 15 is 0 Å². The fourth-order valence-electron chi connectivity index (χ4n) is 3.67. The van der Waals surface area contributed by atoms with Gasteiger partial charge in [-0.1, -0.05) is 31.0 Å². The third kappa shape index (κ3) is 2.89. The molecule has 0 aromatic heterocycles. The van der Waals surface area contributed by atoms with Crippen molar-refractivity contribution in [1.82, 2.24) is 5.32 Å². The molecule has 3 rings (SSSR count). The second-order valence-electron chi connectivity index (χ2n) is 6.32. The molecule has 2 aliphatic rings. The van der Waals surface area contributed by atoms with Crippen molar-refractivity contribution < 1.29 is 9.13 Å². The maximum absolute atomic E-state index is 13.7. The van der Waals surface area contributed by atoms with Gasteiger partial charge in [0, 0.05) is 18.2 Å². The molecule has 1 heterocycles. The summed E-state index contributed by atoms with van der Waals surface area (Å²) in [5, 5.41) is 3.42. The van der Waals surface area contributed by atoms with Crippen LogP contribution in [-0.2, 0) is 4.74 Å². The highest BCUT2D eigenvalue weighted by Crippen LogP contribution is 2.43. The largest absolute Gasteiger partial charge is 0.370 e. The van der Waals surface area contributed by atoms with Gasteiger partial charge in [0.25, 0.3) is 0 Å². The summed E-state index contributed by atoms with van der Waals surface area (Å²) in [6.07, 6.45) is 7.71. The Hall–Kier alpha value is -0.930. The number of benzene rings is 1. The van der Waals surface area contributed by atoms with E-state index in [4.69, 9.17) is 4.74 Å². The number of ether oxygens (including phenoxy) is 1. The smallest absolute Gasteiger partial charge is 0.127 e. The van der Waals surface area contributed by atoms with Crippen LogP contribution in [0, 0.1) is 5.82 Å². The minimum Gasteiger partial charge on any atom is -0.370 e. The average molecular weight is 277 g/mol. The zero-order valence-corrected chi connectivity index (χ0v) is 12.2. The maximum Gasteiger partial charge on any atom is 0.127 e. The first-order valence-corrected chi connectivity index (χ1v) is 7.84. The monoisotopic (exact) mass is 277 g/mol. The fourth-order valence-corrected chi connectivity index (χ4v) is 3.67. The van der Waals surface area contributed by atoms with Gasteiger partial charge < -0.3 is 10.1 Å². The Labute approximate surface area is 120 Å². The van der Waals surface area contributed by atoms with Crippen LogP contribution in [0.1, 0.15) is 57.1 Å². The van der Waals surface area contributed by atoms with Crippen molar-refractivity contribution >= 4 is 0 Å². The van der Waals surface area contributed by atoms with Gasteiger partial charge in [-0.05, 0) is 38.7 Å². The Bertz CT molecular complexity index is 456. The molecular formula is C17H24FNO. The van der Waals surface area contributed by atoms with Gasteiger partial charge in [-0.3, -0.25) is 0 Å². The van der Waals surface area contributed by atoms with E-state index in [9.17, 15) is 4.39 Å². The molecule has 110 valence electrons. The summed E-state index contributed by atoms with van der Waals surface area (Å²) in [7, 11) is 0. The lowest BCUT2D eigenvalue weighted by Gasteiger charge is -2.24. The van der Waals surface area contributed by atoms with E-state index < -0.39 is 0 Å². The normalized spacial score (nSPS) is 26.2. The van der Waals surface area contributed by atoms with E-state index in [1.165, 1.54) is 38.2 Å². The molecule has 2 atom stereocenters. The molecule has 1 saturated heterocycles. The quantitative estimate of drug-likeness (QED) is 0.899. The first-order chi connectivity index (χ1) is 9.69. The minimum absolute atomic E-state index is 0.0277. The minimum atomic E-state index is -0.132. The summed E-state index contributed by atoms with van der Waals surface area (Å²) >= 11 is 0. The van der Waals surface area contributed by atoms with Gasteiger partial charge >= 0.3 is 0 Å². The molecule has 1 saturated carbocycles. The average Bonchev–Trinajstić information content (AvgIpc) is 3.07. The van der Waals surface area contributed by atoms with Crippen LogP contribution in [-0.4, -0.2) is 18.2 Å². The summed E-state index contributed by atoms with van der Waals surface area (Å²) in [4.78, 5) is 0. The zero-order valence-electron chi connectivity index (χ0n) is 12.2. The Morgan fingerprint density at radius 1 is 1.30 bits per heavy atom. The fraction of sp³-hybridized carbons (Fsp3) is 0.647. The molecular weight excluding hydrogens is 253 g/mol. The molecule has 1 aromatic carbocycles. The number of hydrogen-bond acceptors (Lipinski definition) is 2. The molecule has 2 nitrogen and oxygen atoms in total. The van der Waals surface area contributed by atoms with Gasteiger partial charge in [0.2, 0.25) is 0 Å². The van der Waals surface area contributed by atoms with Crippen molar-refractivity contribution in [3.05, 3.63) is 35.6 Å². The molecule has 1 spiro atoms. The highest BCUT2D eigenvalue weighted by molar-refractivity contribution is 5.20. The van der Waals surface area contributed by atoms with E-state index in [0.717, 1.165) is 18.5 Å². The Balaban J connectivity index is 1.52. The number of halogens is 1. The highest BCUT2D eigenvalue weighted by atomic mass is 19.1. The Morgan fingerprint density at radius 2 is 2.05 bits per heavy atom. The van der Waals surface area contributed by atoms with E-state index in [2.05, 4.69) is 5.32 Å². The van der Waals surface area contributed by atoms with Gasteiger partial charge in [0.1, 0.15) is 5.82 Å². The highest BCUT2D eigenvalue weighted by Gasteiger charge is 2.41. The molecule has 1 aliphatic carbocycles. The van der Waals surface area contributed by atoms with Gasteiger partial charge in [-0.25, -0.2) is 4.39 Å². The molecule has 0 amide bonds. The van der Waals surface area contributed by atoms with E-state index in [1.807, 2.05) is 19.1 Å². The lowest BCUT2D eigenvalue weighted by atomic mass is 9.98. The Morgan fingerprint density at radius 3 is 2.80 bits per heavy atom.